The van der Waals surface area contributed by atoms with Crippen molar-refractivity contribution < 1.29 is 4.79 Å². The predicted molar refractivity (Wildman–Crippen MR) is 74.1 cm³/mol. The molecule has 1 saturated heterocycles. The van der Waals surface area contributed by atoms with Gasteiger partial charge in [-0.3, -0.25) is 0 Å². The number of H-pyrrole nitrogens is 1. The summed E-state index contributed by atoms with van der Waals surface area (Å²) in [4.78, 5) is 17.6. The first-order valence-electron chi connectivity index (χ1n) is 6.86. The molecule has 19 heavy (non-hydrogen) atoms. The van der Waals surface area contributed by atoms with Gasteiger partial charge in [-0.05, 0) is 31.4 Å². The van der Waals surface area contributed by atoms with Crippen LogP contribution in [0.5, 0.6) is 0 Å². The molecule has 4 nitrogen and oxygen atoms in total. The van der Waals surface area contributed by atoms with Gasteiger partial charge in [0, 0.05) is 29.7 Å². The molecule has 0 spiro atoms. The van der Waals surface area contributed by atoms with Crippen molar-refractivity contribution in [3.63, 3.8) is 0 Å². The Morgan fingerprint density at radius 2 is 2.16 bits per heavy atom. The number of amides is 2. The molecule has 1 atom stereocenters. The van der Waals surface area contributed by atoms with Gasteiger partial charge in [-0.2, -0.15) is 0 Å². The van der Waals surface area contributed by atoms with Gasteiger partial charge in [0.1, 0.15) is 0 Å². The van der Waals surface area contributed by atoms with Gasteiger partial charge < -0.3 is 15.2 Å². The number of carbonyl (C=O) groups is 1. The van der Waals surface area contributed by atoms with Crippen LogP contribution in [0.4, 0.5) is 4.79 Å². The Hall–Kier alpha value is -1.97. The van der Waals surface area contributed by atoms with Gasteiger partial charge in [-0.15, -0.1) is 0 Å². The van der Waals surface area contributed by atoms with E-state index in [1.165, 1.54) is 22.2 Å². The van der Waals surface area contributed by atoms with Crippen LogP contribution >= 0.6 is 0 Å². The van der Waals surface area contributed by atoms with Crippen molar-refractivity contribution in [3.05, 3.63) is 35.5 Å². The standard InChI is InChI=1S/C15H17N3O/c1-15-7-8-16-14(19)18(15)9-6-11-10-4-2-3-5-12(10)17-13(11)15/h2-5,17H,6-9H2,1H3,(H,16,19)/t15-/m1/s1. The molecule has 4 rings (SSSR count). The maximum Gasteiger partial charge on any atom is 0.318 e. The Bertz CT molecular complexity index is 675. The van der Waals surface area contributed by atoms with Crippen LogP contribution in [0.15, 0.2) is 24.3 Å². The minimum atomic E-state index is -0.186. The van der Waals surface area contributed by atoms with Crippen molar-refractivity contribution in [1.29, 1.82) is 0 Å². The fourth-order valence-corrected chi connectivity index (χ4v) is 3.62. The predicted octanol–water partition coefficient (Wildman–Crippen LogP) is 2.35. The number of rotatable bonds is 0. The zero-order valence-electron chi connectivity index (χ0n) is 11.0. The van der Waals surface area contributed by atoms with Crippen molar-refractivity contribution >= 4 is 16.9 Å². The highest BCUT2D eigenvalue weighted by Gasteiger charge is 2.45. The lowest BCUT2D eigenvalue weighted by Gasteiger charge is -2.47. The third-order valence-electron chi connectivity index (χ3n) is 4.67. The molecular weight excluding hydrogens is 238 g/mol. The zero-order valence-corrected chi connectivity index (χ0v) is 11.0. The van der Waals surface area contributed by atoms with Crippen molar-refractivity contribution in [2.24, 2.45) is 0 Å². The van der Waals surface area contributed by atoms with E-state index < -0.39 is 0 Å². The Kier molecular flexibility index (Phi) is 2.03. The summed E-state index contributed by atoms with van der Waals surface area (Å²) in [6.07, 6.45) is 1.89. The lowest BCUT2D eigenvalue weighted by atomic mass is 9.83. The Balaban J connectivity index is 1.96. The SMILES string of the molecule is C[C@]12CCNC(=O)N1CCc1c2[nH]c2ccccc12. The number of nitrogens with one attached hydrogen (secondary N) is 2. The van der Waals surface area contributed by atoms with Crippen molar-refractivity contribution in [2.75, 3.05) is 13.1 Å². The van der Waals surface area contributed by atoms with E-state index in [0.717, 1.165) is 25.9 Å². The van der Waals surface area contributed by atoms with Gasteiger partial charge in [-0.25, -0.2) is 4.79 Å². The van der Waals surface area contributed by atoms with Gasteiger partial charge in [0.25, 0.3) is 0 Å². The normalized spacial score (nSPS) is 25.9. The van der Waals surface area contributed by atoms with Crippen LogP contribution in [0.1, 0.15) is 24.6 Å². The summed E-state index contributed by atoms with van der Waals surface area (Å²) in [5, 5.41) is 4.25. The van der Waals surface area contributed by atoms with Crippen molar-refractivity contribution in [3.8, 4) is 0 Å². The Morgan fingerprint density at radius 3 is 3.05 bits per heavy atom. The fourth-order valence-electron chi connectivity index (χ4n) is 3.62. The number of nitrogens with zero attached hydrogens (tertiary/aromatic N) is 1. The molecular formula is C15H17N3O. The first kappa shape index (κ1) is 10.9. The minimum absolute atomic E-state index is 0.0676. The quantitative estimate of drug-likeness (QED) is 0.746. The van der Waals surface area contributed by atoms with Crippen molar-refractivity contribution in [2.45, 2.75) is 25.3 Å². The number of hydrogen-bond donors (Lipinski definition) is 2. The number of benzene rings is 1. The number of aromatic nitrogens is 1. The molecule has 1 aromatic carbocycles. The van der Waals surface area contributed by atoms with Gasteiger partial charge in [-0.1, -0.05) is 18.2 Å². The van der Waals surface area contributed by atoms with Crippen LogP contribution in [0.3, 0.4) is 0 Å². The van der Waals surface area contributed by atoms with E-state index in [1.807, 2.05) is 4.90 Å². The van der Waals surface area contributed by atoms with Gasteiger partial charge >= 0.3 is 6.03 Å². The number of para-hydroxylation sites is 1. The monoisotopic (exact) mass is 255 g/mol. The molecule has 1 fully saturated rings. The van der Waals surface area contributed by atoms with Gasteiger partial charge in [0.2, 0.25) is 0 Å². The van der Waals surface area contributed by atoms with Crippen molar-refractivity contribution in [1.82, 2.24) is 15.2 Å². The maximum atomic E-state index is 12.1. The van der Waals surface area contributed by atoms with E-state index in [1.54, 1.807) is 0 Å². The summed E-state index contributed by atoms with van der Waals surface area (Å²) in [5.41, 5.74) is 3.62. The Labute approximate surface area is 111 Å². The summed E-state index contributed by atoms with van der Waals surface area (Å²) < 4.78 is 0. The Morgan fingerprint density at radius 1 is 1.32 bits per heavy atom. The fraction of sp³-hybridized carbons (Fsp3) is 0.400. The largest absolute Gasteiger partial charge is 0.356 e. The molecule has 2 N–H and O–H groups in total. The smallest absolute Gasteiger partial charge is 0.318 e. The molecule has 98 valence electrons. The third-order valence-corrected chi connectivity index (χ3v) is 4.67. The lowest BCUT2D eigenvalue weighted by molar-refractivity contribution is 0.0848. The minimum Gasteiger partial charge on any atom is -0.356 e. The van der Waals surface area contributed by atoms with Crippen LogP contribution in [0.2, 0.25) is 0 Å². The second kappa shape index (κ2) is 3.53. The van der Waals surface area contributed by atoms with Crippen LogP contribution < -0.4 is 5.32 Å². The zero-order chi connectivity index (χ0) is 13.0. The molecule has 0 saturated carbocycles. The van der Waals surface area contributed by atoms with E-state index in [2.05, 4.69) is 41.5 Å². The summed E-state index contributed by atoms with van der Waals surface area (Å²) >= 11 is 0. The summed E-state index contributed by atoms with van der Waals surface area (Å²) in [6.45, 7) is 3.73. The van der Waals surface area contributed by atoms with Crippen LogP contribution in [-0.4, -0.2) is 29.0 Å². The summed E-state index contributed by atoms with van der Waals surface area (Å²) in [7, 11) is 0. The highest BCUT2D eigenvalue weighted by molar-refractivity contribution is 5.86. The third kappa shape index (κ3) is 1.31. The second-order valence-corrected chi connectivity index (χ2v) is 5.68. The van der Waals surface area contributed by atoms with Gasteiger partial charge in [0.05, 0.1) is 5.54 Å². The van der Waals surface area contributed by atoms with E-state index in [-0.39, 0.29) is 11.6 Å². The van der Waals surface area contributed by atoms with E-state index in [0.29, 0.717) is 0 Å². The van der Waals surface area contributed by atoms with Crippen LogP contribution in [0.25, 0.3) is 10.9 Å². The molecule has 1 aromatic heterocycles. The number of urea groups is 1. The number of fused-ring (bicyclic) bond motifs is 5. The molecule has 2 aliphatic heterocycles. The molecule has 0 unspecified atom stereocenters. The lowest BCUT2D eigenvalue weighted by Crippen LogP contribution is -2.60. The average molecular weight is 255 g/mol. The van der Waals surface area contributed by atoms with Crippen LogP contribution in [0, 0.1) is 0 Å². The van der Waals surface area contributed by atoms with E-state index in [9.17, 15) is 4.79 Å². The summed E-state index contributed by atoms with van der Waals surface area (Å²) in [6, 6.07) is 8.49. The first-order valence-corrected chi connectivity index (χ1v) is 6.86. The van der Waals surface area contributed by atoms with E-state index in [4.69, 9.17) is 0 Å². The molecule has 3 heterocycles. The molecule has 2 aromatic rings. The molecule has 2 amide bonds. The molecule has 0 aliphatic carbocycles. The number of carbonyl (C=O) groups excluding carboxylic acids is 1. The summed E-state index contributed by atoms with van der Waals surface area (Å²) in [5.74, 6) is 0. The molecule has 0 bridgehead atoms. The number of hydrogen-bond acceptors (Lipinski definition) is 1. The topological polar surface area (TPSA) is 48.1 Å². The second-order valence-electron chi connectivity index (χ2n) is 5.68. The number of aromatic amines is 1. The van der Waals surface area contributed by atoms with Crippen LogP contribution in [-0.2, 0) is 12.0 Å². The van der Waals surface area contributed by atoms with Gasteiger partial charge in [0.15, 0.2) is 0 Å². The first-order chi connectivity index (χ1) is 9.20. The maximum absolute atomic E-state index is 12.1. The van der Waals surface area contributed by atoms with E-state index >= 15 is 0 Å². The highest BCUT2D eigenvalue weighted by Crippen LogP contribution is 2.41. The highest BCUT2D eigenvalue weighted by atomic mass is 16.2. The molecule has 4 heteroatoms. The average Bonchev–Trinajstić information content (AvgIpc) is 2.79. The molecule has 2 aliphatic rings. The molecule has 0 radical (unpaired) electrons.